The summed E-state index contributed by atoms with van der Waals surface area (Å²) < 4.78 is 30.3. The number of carbonyl (C=O) groups excluding carboxylic acids is 2. The smallest absolute Gasteiger partial charge is 0.317 e. The van der Waals surface area contributed by atoms with Gasteiger partial charge in [0.2, 0.25) is 0 Å². The zero-order valence-electron chi connectivity index (χ0n) is 14.8. The van der Waals surface area contributed by atoms with Crippen LogP contribution in [-0.2, 0) is 23.2 Å². The predicted octanol–water partition coefficient (Wildman–Crippen LogP) is 1.87. The fourth-order valence-electron chi connectivity index (χ4n) is 2.24. The molecule has 0 fully saturated rings. The summed E-state index contributed by atoms with van der Waals surface area (Å²) in [5.41, 5.74) is 1.96. The van der Waals surface area contributed by atoms with Crippen LogP contribution >= 0.6 is 12.0 Å². The molecule has 0 heterocycles. The van der Waals surface area contributed by atoms with Gasteiger partial charge in [-0.05, 0) is 44.5 Å². The maximum atomic E-state index is 12.0. The molecular formula is C16H19BO5S. The molecular weight excluding hydrogens is 315 g/mol. The molecule has 0 saturated carbocycles. The zero-order chi connectivity index (χ0) is 18.2. The molecule has 0 aromatic heterocycles. The number of fused-ring (bicyclic) bond motifs is 1. The van der Waals surface area contributed by atoms with Crippen molar-refractivity contribution in [3.05, 3.63) is 41.5 Å². The molecule has 0 unspecified atom stereocenters. The van der Waals surface area contributed by atoms with E-state index in [2.05, 4.69) is 0 Å². The van der Waals surface area contributed by atoms with Crippen molar-refractivity contribution in [2.45, 2.75) is 25.6 Å². The summed E-state index contributed by atoms with van der Waals surface area (Å²) in [6, 6.07) is 7.54. The quantitative estimate of drug-likeness (QED) is 0.312. The monoisotopic (exact) mass is 337 g/mol. The molecule has 0 amide bonds. The van der Waals surface area contributed by atoms with Crippen LogP contribution in [0.3, 0.4) is 0 Å². The Morgan fingerprint density at radius 1 is 1.43 bits per heavy atom. The molecule has 1 aliphatic carbocycles. The summed E-state index contributed by atoms with van der Waals surface area (Å²) in [5, 5.41) is 0. The maximum absolute atomic E-state index is 12.0. The second kappa shape index (κ2) is 8.79. The van der Waals surface area contributed by atoms with E-state index in [0.717, 1.165) is 23.2 Å². The Bertz CT molecular complexity index is 641. The lowest BCUT2D eigenvalue weighted by Gasteiger charge is -2.28. The predicted molar refractivity (Wildman–Crippen MR) is 91.4 cm³/mol. The van der Waals surface area contributed by atoms with Crippen molar-refractivity contribution in [2.75, 3.05) is 12.3 Å². The zero-order valence-corrected chi connectivity index (χ0v) is 13.6. The molecule has 0 saturated heterocycles. The largest absolute Gasteiger partial charge is 0.466 e. The third kappa shape index (κ3) is 4.87. The first-order chi connectivity index (χ1) is 12.0. The van der Waals surface area contributed by atoms with Gasteiger partial charge < -0.3 is 13.7 Å². The van der Waals surface area contributed by atoms with Gasteiger partial charge in [0, 0.05) is 0 Å². The lowest BCUT2D eigenvalue weighted by atomic mass is 9.93. The van der Waals surface area contributed by atoms with Crippen LogP contribution in [-0.4, -0.2) is 40.7 Å². The minimum absolute atomic E-state index is 0.172. The van der Waals surface area contributed by atoms with Crippen molar-refractivity contribution in [1.82, 2.24) is 0 Å². The van der Waals surface area contributed by atoms with Crippen molar-refractivity contribution < 1.29 is 23.2 Å². The van der Waals surface area contributed by atoms with Crippen molar-refractivity contribution >= 4 is 37.8 Å². The first-order valence-corrected chi connectivity index (χ1v) is 8.17. The van der Waals surface area contributed by atoms with Crippen LogP contribution < -0.4 is 0 Å². The Morgan fingerprint density at radius 3 is 3.04 bits per heavy atom. The van der Waals surface area contributed by atoms with E-state index in [9.17, 15) is 9.59 Å². The van der Waals surface area contributed by atoms with Gasteiger partial charge in [-0.15, -0.1) is 0 Å². The fourth-order valence-corrected chi connectivity index (χ4v) is 2.68. The van der Waals surface area contributed by atoms with Gasteiger partial charge in [0.25, 0.3) is 0 Å². The first-order valence-electron chi connectivity index (χ1n) is 8.41. The highest BCUT2D eigenvalue weighted by Crippen LogP contribution is 2.35. The van der Waals surface area contributed by atoms with Gasteiger partial charge >= 0.3 is 11.9 Å². The summed E-state index contributed by atoms with van der Waals surface area (Å²) in [5.74, 6) is -1.32. The summed E-state index contributed by atoms with van der Waals surface area (Å²) >= 11 is 0.993. The van der Waals surface area contributed by atoms with E-state index in [1.165, 1.54) is 0 Å². The molecule has 0 aliphatic heterocycles. The van der Waals surface area contributed by atoms with Gasteiger partial charge in [-0.3, -0.25) is 9.59 Å². The van der Waals surface area contributed by atoms with Crippen LogP contribution in [0.15, 0.2) is 30.3 Å². The maximum Gasteiger partial charge on any atom is 0.317 e. The highest BCUT2D eigenvalue weighted by atomic mass is 32.2. The van der Waals surface area contributed by atoms with Crippen molar-refractivity contribution in [2.24, 2.45) is 0 Å². The van der Waals surface area contributed by atoms with E-state index >= 15 is 0 Å². The number of esters is 2. The second-order valence-corrected chi connectivity index (χ2v) is 5.49. The minimum atomic E-state index is -1.01. The number of hydrogen-bond acceptors (Lipinski definition) is 6. The number of ether oxygens (including phenoxy) is 2. The van der Waals surface area contributed by atoms with E-state index in [4.69, 9.17) is 16.3 Å². The molecule has 2 atom stereocenters. The molecule has 0 N–H and O–H groups in total. The molecule has 0 spiro atoms. The average Bonchev–Trinajstić information content (AvgIpc) is 2.56. The highest BCUT2D eigenvalue weighted by Gasteiger charge is 2.31. The molecule has 5 nitrogen and oxygen atoms in total. The van der Waals surface area contributed by atoms with E-state index in [1.807, 2.05) is 30.3 Å². The van der Waals surface area contributed by atoms with E-state index in [-0.39, 0.29) is 12.3 Å². The lowest BCUT2D eigenvalue weighted by molar-refractivity contribution is -0.158. The van der Waals surface area contributed by atoms with Gasteiger partial charge in [-0.1, -0.05) is 30.3 Å². The molecule has 23 heavy (non-hydrogen) atoms. The van der Waals surface area contributed by atoms with Crippen molar-refractivity contribution in [1.29, 1.82) is 2.67 Å². The fraction of sp³-hybridized carbons (Fsp3) is 0.375. The van der Waals surface area contributed by atoms with Crippen LogP contribution in [0.25, 0.3) is 6.08 Å². The standard InChI is InChI=1S/C16H19BO5S/c1-2-20-14(18)9-15(19)21-13-8-7-11-5-3-4-6-12(11)16(13)22-23-10-17/h3-8,13,16H,2,9-10,17H2,1H3/t13-,16-/m1/s1/i17TD. The van der Waals surface area contributed by atoms with Gasteiger partial charge in [-0.25, -0.2) is 0 Å². The van der Waals surface area contributed by atoms with E-state index in [1.54, 1.807) is 13.0 Å². The van der Waals surface area contributed by atoms with Gasteiger partial charge in [0.1, 0.15) is 20.3 Å². The average molecular weight is 337 g/mol. The van der Waals surface area contributed by atoms with Gasteiger partial charge in [0.05, 0.1) is 6.61 Å². The normalized spacial score (nSPS) is 20.0. The highest BCUT2D eigenvalue weighted by molar-refractivity contribution is 7.95. The molecule has 1 aliphatic rings. The Labute approximate surface area is 143 Å². The lowest BCUT2D eigenvalue weighted by Crippen LogP contribution is -2.28. The number of carbonyl (C=O) groups is 2. The first kappa shape index (κ1) is 14.8. The summed E-state index contributed by atoms with van der Waals surface area (Å²) in [7, 11) is -1.01. The summed E-state index contributed by atoms with van der Waals surface area (Å²) in [6.07, 6.45) is 1.81. The second-order valence-electron chi connectivity index (χ2n) is 4.73. The third-order valence-corrected chi connectivity index (χ3v) is 3.65. The van der Waals surface area contributed by atoms with Crippen molar-refractivity contribution in [3.8, 4) is 0 Å². The topological polar surface area (TPSA) is 61.8 Å². The molecule has 1 aromatic rings. The van der Waals surface area contributed by atoms with Crippen LogP contribution in [0.2, 0.25) is 0 Å². The molecule has 0 bridgehead atoms. The minimum Gasteiger partial charge on any atom is -0.466 e. The van der Waals surface area contributed by atoms with E-state index in [0.29, 0.717) is 0 Å². The van der Waals surface area contributed by atoms with Crippen molar-refractivity contribution in [3.63, 3.8) is 0 Å². The SMILES string of the molecule is [2H]B([3H])CSO[C@@H]1c2ccccc2C=C[C@H]1OC(=O)CC(=O)OCC. The number of rotatable bonds is 8. The van der Waals surface area contributed by atoms with Crippen LogP contribution in [0.5, 0.6) is 0 Å². The molecule has 2 rings (SSSR count). The summed E-state index contributed by atoms with van der Waals surface area (Å²) in [4.78, 5) is 23.4. The number of benzene rings is 1. The molecule has 122 valence electrons. The Morgan fingerprint density at radius 2 is 2.26 bits per heavy atom. The third-order valence-electron chi connectivity index (χ3n) is 3.17. The Kier molecular flexibility index (Phi) is 5.67. The molecule has 0 radical (unpaired) electrons. The molecule has 7 heteroatoms. The Balaban J connectivity index is 2.06. The van der Waals surface area contributed by atoms with Gasteiger partial charge in [0.15, 0.2) is 6.10 Å². The van der Waals surface area contributed by atoms with E-state index < -0.39 is 38.3 Å². The van der Waals surface area contributed by atoms with Crippen LogP contribution in [0.1, 0.15) is 30.6 Å². The Hall–Kier alpha value is -1.73. The summed E-state index contributed by atoms with van der Waals surface area (Å²) in [6.45, 7) is 1.86. The molecule has 1 aromatic carbocycles. The van der Waals surface area contributed by atoms with Crippen LogP contribution in [0, 0.1) is 0 Å². The van der Waals surface area contributed by atoms with Crippen LogP contribution in [0.4, 0.5) is 0 Å². The van der Waals surface area contributed by atoms with Gasteiger partial charge in [-0.2, -0.15) is 0 Å². The number of hydrogen-bond donors (Lipinski definition) is 0.